The summed E-state index contributed by atoms with van der Waals surface area (Å²) in [5, 5.41) is 3.13. The Morgan fingerprint density at radius 2 is 2.00 bits per heavy atom. The van der Waals surface area contributed by atoms with Crippen LogP contribution in [0.1, 0.15) is 23.3 Å². The van der Waals surface area contributed by atoms with E-state index in [4.69, 9.17) is 9.47 Å². The molecule has 1 unspecified atom stereocenters. The number of piperidine rings is 3. The number of carbonyl (C=O) groups excluding carboxylic acids is 1. The lowest BCUT2D eigenvalue weighted by Gasteiger charge is -2.44. The SMILES string of the molecule is O=C(NC1CN2CCC1CC2)c1cc2c(cn1)OCCO2. The van der Waals surface area contributed by atoms with Gasteiger partial charge in [-0.25, -0.2) is 4.98 Å². The zero-order valence-electron chi connectivity index (χ0n) is 11.9. The second-order valence-electron chi connectivity index (χ2n) is 5.93. The molecular formula is C15H19N3O3. The number of ether oxygens (including phenoxy) is 2. The summed E-state index contributed by atoms with van der Waals surface area (Å²) in [4.78, 5) is 19.0. The fourth-order valence-corrected chi connectivity index (χ4v) is 3.44. The van der Waals surface area contributed by atoms with E-state index in [1.54, 1.807) is 12.3 Å². The first-order valence-electron chi connectivity index (χ1n) is 7.58. The minimum Gasteiger partial charge on any atom is -0.486 e. The van der Waals surface area contributed by atoms with Crippen LogP contribution in [0.2, 0.25) is 0 Å². The fraction of sp³-hybridized carbons (Fsp3) is 0.600. The number of fused-ring (bicyclic) bond motifs is 4. The van der Waals surface area contributed by atoms with Crippen molar-refractivity contribution in [3.05, 3.63) is 18.0 Å². The van der Waals surface area contributed by atoms with Gasteiger partial charge in [-0.2, -0.15) is 0 Å². The number of rotatable bonds is 2. The van der Waals surface area contributed by atoms with Crippen LogP contribution >= 0.6 is 0 Å². The molecular weight excluding hydrogens is 270 g/mol. The Morgan fingerprint density at radius 1 is 1.24 bits per heavy atom. The van der Waals surface area contributed by atoms with Gasteiger partial charge in [0.25, 0.3) is 5.91 Å². The van der Waals surface area contributed by atoms with Crippen LogP contribution in [-0.2, 0) is 0 Å². The summed E-state index contributed by atoms with van der Waals surface area (Å²) >= 11 is 0. The molecule has 6 heteroatoms. The van der Waals surface area contributed by atoms with Gasteiger partial charge in [0.05, 0.1) is 6.20 Å². The van der Waals surface area contributed by atoms with E-state index < -0.39 is 0 Å². The first kappa shape index (κ1) is 12.9. The molecule has 4 aliphatic rings. The minimum absolute atomic E-state index is 0.120. The second kappa shape index (κ2) is 5.18. The lowest BCUT2D eigenvalue weighted by molar-refractivity contribution is 0.0617. The minimum atomic E-state index is -0.120. The van der Waals surface area contributed by atoms with Crippen molar-refractivity contribution in [2.45, 2.75) is 18.9 Å². The van der Waals surface area contributed by atoms with Crippen molar-refractivity contribution >= 4 is 5.91 Å². The van der Waals surface area contributed by atoms with E-state index in [9.17, 15) is 4.79 Å². The highest BCUT2D eigenvalue weighted by atomic mass is 16.6. The van der Waals surface area contributed by atoms with Crippen molar-refractivity contribution in [2.24, 2.45) is 5.92 Å². The molecule has 3 fully saturated rings. The van der Waals surface area contributed by atoms with Crippen LogP contribution in [0.5, 0.6) is 11.5 Å². The highest BCUT2D eigenvalue weighted by Crippen LogP contribution is 2.30. The molecule has 0 radical (unpaired) electrons. The molecule has 1 atom stereocenters. The molecule has 0 saturated carbocycles. The number of carbonyl (C=O) groups is 1. The highest BCUT2D eigenvalue weighted by molar-refractivity contribution is 5.93. The van der Waals surface area contributed by atoms with Gasteiger partial charge in [-0.15, -0.1) is 0 Å². The maximum Gasteiger partial charge on any atom is 0.270 e. The van der Waals surface area contributed by atoms with Crippen LogP contribution < -0.4 is 14.8 Å². The van der Waals surface area contributed by atoms with Crippen molar-refractivity contribution < 1.29 is 14.3 Å². The van der Waals surface area contributed by atoms with Crippen LogP contribution in [0.15, 0.2) is 12.3 Å². The smallest absolute Gasteiger partial charge is 0.270 e. The normalized spacial score (nSPS) is 30.0. The Hall–Kier alpha value is -1.82. The van der Waals surface area contributed by atoms with Gasteiger partial charge < -0.3 is 19.7 Å². The summed E-state index contributed by atoms with van der Waals surface area (Å²) in [5.74, 6) is 1.71. The van der Waals surface area contributed by atoms with Gasteiger partial charge in [0, 0.05) is 18.7 Å². The summed E-state index contributed by atoms with van der Waals surface area (Å²) in [6.07, 6.45) is 3.93. The molecule has 5 rings (SSSR count). The first-order valence-corrected chi connectivity index (χ1v) is 7.58. The summed E-state index contributed by atoms with van der Waals surface area (Å²) < 4.78 is 10.9. The van der Waals surface area contributed by atoms with Gasteiger partial charge in [0.2, 0.25) is 0 Å². The Morgan fingerprint density at radius 3 is 2.71 bits per heavy atom. The summed E-state index contributed by atoms with van der Waals surface area (Å²) in [6, 6.07) is 1.92. The molecule has 5 heterocycles. The predicted octanol–water partition coefficient (Wildman–Crippen LogP) is 0.677. The van der Waals surface area contributed by atoms with Gasteiger partial charge in [-0.3, -0.25) is 4.79 Å². The molecule has 3 saturated heterocycles. The number of hydrogen-bond donors (Lipinski definition) is 1. The van der Waals surface area contributed by atoms with Gasteiger partial charge in [-0.05, 0) is 31.8 Å². The number of amides is 1. The van der Waals surface area contributed by atoms with Crippen LogP contribution in [0.25, 0.3) is 0 Å². The fourth-order valence-electron chi connectivity index (χ4n) is 3.44. The molecule has 0 aliphatic carbocycles. The molecule has 2 bridgehead atoms. The molecule has 112 valence electrons. The molecule has 0 aromatic carbocycles. The Bertz CT molecular complexity index is 555. The molecule has 21 heavy (non-hydrogen) atoms. The molecule has 1 amide bonds. The molecule has 4 aliphatic heterocycles. The number of nitrogens with one attached hydrogen (secondary N) is 1. The van der Waals surface area contributed by atoms with Crippen molar-refractivity contribution in [2.75, 3.05) is 32.8 Å². The van der Waals surface area contributed by atoms with E-state index in [0.717, 1.165) is 6.54 Å². The second-order valence-corrected chi connectivity index (χ2v) is 5.93. The molecule has 1 N–H and O–H groups in total. The molecule has 0 spiro atoms. The van der Waals surface area contributed by atoms with Crippen molar-refractivity contribution in [3.63, 3.8) is 0 Å². The quantitative estimate of drug-likeness (QED) is 0.867. The van der Waals surface area contributed by atoms with Crippen molar-refractivity contribution in [1.29, 1.82) is 0 Å². The third-order valence-electron chi connectivity index (χ3n) is 4.64. The number of nitrogens with zero attached hydrogens (tertiary/aromatic N) is 2. The van der Waals surface area contributed by atoms with Crippen LogP contribution in [0.3, 0.4) is 0 Å². The standard InChI is InChI=1S/C15H19N3O3/c19-15(17-12-9-18-3-1-10(12)2-4-18)11-7-13-14(8-16-11)21-6-5-20-13/h7-8,10,12H,1-6,9H2,(H,17,19). The largest absolute Gasteiger partial charge is 0.486 e. The summed E-state index contributed by atoms with van der Waals surface area (Å²) in [5.41, 5.74) is 0.399. The number of hydrogen-bond acceptors (Lipinski definition) is 5. The van der Waals surface area contributed by atoms with Crippen LogP contribution in [-0.4, -0.2) is 54.7 Å². The van der Waals surface area contributed by atoms with Gasteiger partial charge in [0.1, 0.15) is 18.9 Å². The zero-order chi connectivity index (χ0) is 14.2. The lowest BCUT2D eigenvalue weighted by Crippen LogP contribution is -2.57. The van der Waals surface area contributed by atoms with Gasteiger partial charge in [-0.1, -0.05) is 0 Å². The maximum atomic E-state index is 12.4. The molecule has 1 aromatic heterocycles. The monoisotopic (exact) mass is 289 g/mol. The summed E-state index contributed by atoms with van der Waals surface area (Å²) in [7, 11) is 0. The summed E-state index contributed by atoms with van der Waals surface area (Å²) in [6.45, 7) is 4.33. The molecule has 6 nitrogen and oxygen atoms in total. The maximum absolute atomic E-state index is 12.4. The van der Waals surface area contributed by atoms with Crippen molar-refractivity contribution in [1.82, 2.24) is 15.2 Å². The molecule has 1 aromatic rings. The number of aromatic nitrogens is 1. The van der Waals surface area contributed by atoms with Crippen molar-refractivity contribution in [3.8, 4) is 11.5 Å². The topological polar surface area (TPSA) is 63.7 Å². The Kier molecular flexibility index (Phi) is 3.18. The van der Waals surface area contributed by atoms with E-state index in [1.807, 2.05) is 0 Å². The van der Waals surface area contributed by atoms with E-state index in [-0.39, 0.29) is 11.9 Å². The lowest BCUT2D eigenvalue weighted by atomic mass is 9.84. The van der Waals surface area contributed by atoms with E-state index in [0.29, 0.717) is 36.3 Å². The average molecular weight is 289 g/mol. The predicted molar refractivity (Wildman–Crippen MR) is 75.6 cm³/mol. The Balaban J connectivity index is 1.47. The zero-order valence-corrected chi connectivity index (χ0v) is 11.9. The van der Waals surface area contributed by atoms with E-state index in [2.05, 4.69) is 15.2 Å². The van der Waals surface area contributed by atoms with Gasteiger partial charge in [0.15, 0.2) is 11.5 Å². The Labute approximate surface area is 123 Å². The first-order chi connectivity index (χ1) is 10.3. The number of pyridine rings is 1. The van der Waals surface area contributed by atoms with E-state index in [1.165, 1.54) is 25.9 Å². The van der Waals surface area contributed by atoms with E-state index >= 15 is 0 Å². The van der Waals surface area contributed by atoms with Crippen LogP contribution in [0, 0.1) is 5.92 Å². The third-order valence-corrected chi connectivity index (χ3v) is 4.64. The van der Waals surface area contributed by atoms with Crippen LogP contribution in [0.4, 0.5) is 0 Å². The third kappa shape index (κ3) is 2.44. The van der Waals surface area contributed by atoms with Gasteiger partial charge >= 0.3 is 0 Å². The average Bonchev–Trinajstić information content (AvgIpc) is 2.55. The highest BCUT2D eigenvalue weighted by Gasteiger charge is 2.35.